The van der Waals surface area contributed by atoms with E-state index in [1.54, 1.807) is 0 Å². The van der Waals surface area contributed by atoms with Gasteiger partial charge in [-0.25, -0.2) is 0 Å². The van der Waals surface area contributed by atoms with E-state index in [9.17, 15) is 4.79 Å². The van der Waals surface area contributed by atoms with E-state index in [0.29, 0.717) is 6.42 Å². The molecule has 1 heterocycles. The molecule has 4 nitrogen and oxygen atoms in total. The van der Waals surface area contributed by atoms with Gasteiger partial charge in [-0.15, -0.1) is 0 Å². The van der Waals surface area contributed by atoms with Crippen LogP contribution in [0.3, 0.4) is 0 Å². The lowest BCUT2D eigenvalue weighted by atomic mass is 10.1. The predicted octanol–water partition coefficient (Wildman–Crippen LogP) is 3.13. The first kappa shape index (κ1) is 15.7. The lowest BCUT2D eigenvalue weighted by molar-refractivity contribution is -0.121. The molecule has 4 heteroatoms. The van der Waals surface area contributed by atoms with Crippen molar-refractivity contribution in [2.45, 2.75) is 65.2 Å². The fraction of sp³-hybridized carbons (Fsp3) is 0.733. The minimum atomic E-state index is 0.195. The summed E-state index contributed by atoms with van der Waals surface area (Å²) in [5, 5.41) is 9.90. The number of aryl methyl sites for hydroxylation is 2. The Hall–Kier alpha value is -1.32. The van der Waals surface area contributed by atoms with Crippen LogP contribution in [0.5, 0.6) is 0 Å². The van der Waals surface area contributed by atoms with Crippen LogP contribution in [0.15, 0.2) is 6.20 Å². The van der Waals surface area contributed by atoms with Crippen LogP contribution < -0.4 is 5.32 Å². The van der Waals surface area contributed by atoms with E-state index in [0.717, 1.165) is 31.5 Å². The lowest BCUT2D eigenvalue weighted by Crippen LogP contribution is -2.24. The number of aromatic nitrogens is 2. The highest BCUT2D eigenvalue weighted by Crippen LogP contribution is 2.06. The van der Waals surface area contributed by atoms with E-state index < -0.39 is 0 Å². The molecule has 2 N–H and O–H groups in total. The second-order valence-electron chi connectivity index (χ2n) is 5.14. The second-order valence-corrected chi connectivity index (χ2v) is 5.14. The number of unbranched alkanes of at least 4 members (excludes halogenated alkanes) is 4. The van der Waals surface area contributed by atoms with Gasteiger partial charge in [-0.1, -0.05) is 32.6 Å². The number of carbonyl (C=O) groups is 1. The summed E-state index contributed by atoms with van der Waals surface area (Å²) in [6.45, 7) is 4.99. The quantitative estimate of drug-likeness (QED) is 0.639. The molecule has 0 saturated heterocycles. The Balaban J connectivity index is 1.97. The van der Waals surface area contributed by atoms with Gasteiger partial charge in [0, 0.05) is 18.7 Å². The van der Waals surface area contributed by atoms with Crippen LogP contribution in [0, 0.1) is 6.92 Å². The summed E-state index contributed by atoms with van der Waals surface area (Å²) < 4.78 is 0. The van der Waals surface area contributed by atoms with Gasteiger partial charge in [0.15, 0.2) is 0 Å². The Kier molecular flexibility index (Phi) is 7.94. The second kappa shape index (κ2) is 9.59. The summed E-state index contributed by atoms with van der Waals surface area (Å²) in [6, 6.07) is 0. The summed E-state index contributed by atoms with van der Waals surface area (Å²) in [7, 11) is 0. The number of aromatic amines is 1. The summed E-state index contributed by atoms with van der Waals surface area (Å²) in [5.41, 5.74) is 2.37. The first-order valence-corrected chi connectivity index (χ1v) is 7.49. The van der Waals surface area contributed by atoms with Crippen LogP contribution in [0.2, 0.25) is 0 Å². The molecule has 0 fully saturated rings. The molecule has 0 aromatic carbocycles. The molecule has 0 atom stereocenters. The van der Waals surface area contributed by atoms with Gasteiger partial charge in [0.2, 0.25) is 5.91 Å². The van der Waals surface area contributed by atoms with Gasteiger partial charge < -0.3 is 5.32 Å². The van der Waals surface area contributed by atoms with Gasteiger partial charge in [-0.2, -0.15) is 5.10 Å². The van der Waals surface area contributed by atoms with Crippen molar-refractivity contribution in [2.75, 3.05) is 6.54 Å². The van der Waals surface area contributed by atoms with E-state index in [-0.39, 0.29) is 5.91 Å². The molecule has 0 aliphatic rings. The molecule has 1 rings (SSSR count). The number of hydrogen-bond donors (Lipinski definition) is 2. The molecule has 0 saturated carbocycles. The number of amides is 1. The van der Waals surface area contributed by atoms with E-state index in [1.165, 1.54) is 31.2 Å². The molecule has 0 aliphatic carbocycles. The SMILES string of the molecule is CCCCCCCC(=O)NCCCc1cn[nH]c1C. The van der Waals surface area contributed by atoms with Crippen molar-refractivity contribution in [1.82, 2.24) is 15.5 Å². The average Bonchev–Trinajstić information content (AvgIpc) is 2.80. The van der Waals surface area contributed by atoms with Crippen LogP contribution in [-0.4, -0.2) is 22.6 Å². The number of carbonyl (C=O) groups excluding carboxylic acids is 1. The monoisotopic (exact) mass is 265 g/mol. The minimum absolute atomic E-state index is 0.195. The molecule has 0 unspecified atom stereocenters. The molecule has 0 radical (unpaired) electrons. The van der Waals surface area contributed by atoms with Crippen LogP contribution in [0.1, 0.15) is 63.1 Å². The Morgan fingerprint density at radius 2 is 2.05 bits per heavy atom. The van der Waals surface area contributed by atoms with Gasteiger partial charge in [0.25, 0.3) is 0 Å². The van der Waals surface area contributed by atoms with Crippen molar-refractivity contribution in [3.63, 3.8) is 0 Å². The lowest BCUT2D eigenvalue weighted by Gasteiger charge is -2.05. The summed E-state index contributed by atoms with van der Waals surface area (Å²) in [6.07, 6.45) is 10.5. The summed E-state index contributed by atoms with van der Waals surface area (Å²) in [4.78, 5) is 11.6. The van der Waals surface area contributed by atoms with Crippen molar-refractivity contribution in [3.8, 4) is 0 Å². The van der Waals surface area contributed by atoms with Gasteiger partial charge in [0.05, 0.1) is 6.20 Å². The Labute approximate surface area is 116 Å². The minimum Gasteiger partial charge on any atom is -0.356 e. The number of rotatable bonds is 10. The van der Waals surface area contributed by atoms with Crippen LogP contribution in [0.4, 0.5) is 0 Å². The normalized spacial score (nSPS) is 10.6. The Bertz CT molecular complexity index is 360. The molecule has 1 amide bonds. The fourth-order valence-electron chi connectivity index (χ4n) is 2.11. The van der Waals surface area contributed by atoms with E-state index >= 15 is 0 Å². The molecule has 108 valence electrons. The highest BCUT2D eigenvalue weighted by atomic mass is 16.1. The van der Waals surface area contributed by atoms with Crippen molar-refractivity contribution in [2.24, 2.45) is 0 Å². The predicted molar refractivity (Wildman–Crippen MR) is 78.0 cm³/mol. The summed E-state index contributed by atoms with van der Waals surface area (Å²) in [5.74, 6) is 0.195. The molecule has 0 spiro atoms. The third-order valence-corrected chi connectivity index (χ3v) is 3.39. The third kappa shape index (κ3) is 6.99. The molecular formula is C15H27N3O. The van der Waals surface area contributed by atoms with Gasteiger partial charge in [-0.05, 0) is 31.7 Å². The van der Waals surface area contributed by atoms with Gasteiger partial charge >= 0.3 is 0 Å². The van der Waals surface area contributed by atoms with Crippen LogP contribution in [0.25, 0.3) is 0 Å². The molecule has 0 bridgehead atoms. The number of nitrogens with one attached hydrogen (secondary N) is 2. The topological polar surface area (TPSA) is 57.8 Å². The molecule has 0 aliphatic heterocycles. The van der Waals surface area contributed by atoms with E-state index in [4.69, 9.17) is 0 Å². The number of nitrogens with zero attached hydrogens (tertiary/aromatic N) is 1. The van der Waals surface area contributed by atoms with Crippen molar-refractivity contribution in [1.29, 1.82) is 0 Å². The maximum Gasteiger partial charge on any atom is 0.219 e. The van der Waals surface area contributed by atoms with Crippen LogP contribution >= 0.6 is 0 Å². The van der Waals surface area contributed by atoms with Gasteiger partial charge in [-0.3, -0.25) is 9.89 Å². The number of hydrogen-bond acceptors (Lipinski definition) is 2. The Morgan fingerprint density at radius 1 is 1.26 bits per heavy atom. The first-order chi connectivity index (χ1) is 9.24. The molecule has 1 aromatic rings. The average molecular weight is 265 g/mol. The van der Waals surface area contributed by atoms with Crippen molar-refractivity contribution in [3.05, 3.63) is 17.5 Å². The van der Waals surface area contributed by atoms with E-state index in [1.807, 2.05) is 13.1 Å². The smallest absolute Gasteiger partial charge is 0.219 e. The highest BCUT2D eigenvalue weighted by Gasteiger charge is 2.02. The number of H-pyrrole nitrogens is 1. The molecular weight excluding hydrogens is 238 g/mol. The Morgan fingerprint density at radius 3 is 2.74 bits per heavy atom. The molecule has 1 aromatic heterocycles. The third-order valence-electron chi connectivity index (χ3n) is 3.39. The largest absolute Gasteiger partial charge is 0.356 e. The van der Waals surface area contributed by atoms with Crippen LogP contribution in [-0.2, 0) is 11.2 Å². The zero-order chi connectivity index (χ0) is 13.9. The fourth-order valence-corrected chi connectivity index (χ4v) is 2.11. The summed E-state index contributed by atoms with van der Waals surface area (Å²) >= 11 is 0. The maximum absolute atomic E-state index is 11.6. The zero-order valence-corrected chi connectivity index (χ0v) is 12.3. The highest BCUT2D eigenvalue weighted by molar-refractivity contribution is 5.75. The van der Waals surface area contributed by atoms with Crippen molar-refractivity contribution < 1.29 is 4.79 Å². The first-order valence-electron chi connectivity index (χ1n) is 7.49. The van der Waals surface area contributed by atoms with E-state index in [2.05, 4.69) is 22.4 Å². The zero-order valence-electron chi connectivity index (χ0n) is 12.3. The standard InChI is InChI=1S/C15H27N3O/c1-3-4-5-6-7-10-15(19)16-11-8-9-14-12-17-18-13(14)2/h12H,3-11H2,1-2H3,(H,16,19)(H,17,18). The maximum atomic E-state index is 11.6. The van der Waals surface area contributed by atoms with Gasteiger partial charge in [0.1, 0.15) is 0 Å². The van der Waals surface area contributed by atoms with Crippen molar-refractivity contribution >= 4 is 5.91 Å². The molecule has 19 heavy (non-hydrogen) atoms.